The Hall–Kier alpha value is -0.580. The highest BCUT2D eigenvalue weighted by Gasteiger charge is 2.21. The van der Waals surface area contributed by atoms with Crippen LogP contribution in [-0.2, 0) is 0 Å². The van der Waals surface area contributed by atoms with Crippen LogP contribution >= 0.6 is 28.3 Å². The zero-order chi connectivity index (χ0) is 13.8. The Kier molecular flexibility index (Phi) is 7.64. The highest BCUT2D eigenvalue weighted by molar-refractivity contribution is 9.10. The van der Waals surface area contributed by atoms with Crippen LogP contribution in [0.1, 0.15) is 42.6 Å². The van der Waals surface area contributed by atoms with E-state index in [1.807, 2.05) is 39.0 Å². The van der Waals surface area contributed by atoms with Gasteiger partial charge in [-0.25, -0.2) is 0 Å². The number of benzene rings is 1. The third-order valence-corrected chi connectivity index (χ3v) is 4.30. The minimum atomic E-state index is -0.308. The van der Waals surface area contributed by atoms with Crippen molar-refractivity contribution in [3.05, 3.63) is 33.8 Å². The number of hydrogen-bond donors (Lipinski definition) is 2. The van der Waals surface area contributed by atoms with Crippen molar-refractivity contribution in [3.63, 3.8) is 0 Å². The Morgan fingerprint density at radius 1 is 1.37 bits per heavy atom. The molecule has 0 spiro atoms. The van der Waals surface area contributed by atoms with Gasteiger partial charge in [-0.1, -0.05) is 35.8 Å². The van der Waals surface area contributed by atoms with E-state index in [4.69, 9.17) is 5.73 Å². The van der Waals surface area contributed by atoms with E-state index < -0.39 is 0 Å². The first kappa shape index (κ1) is 18.4. The Morgan fingerprint density at radius 2 is 1.95 bits per heavy atom. The van der Waals surface area contributed by atoms with E-state index in [-0.39, 0.29) is 23.9 Å². The Balaban J connectivity index is 0.00000324. The molecule has 19 heavy (non-hydrogen) atoms. The fourth-order valence-electron chi connectivity index (χ4n) is 1.59. The van der Waals surface area contributed by atoms with Gasteiger partial charge in [0.05, 0.1) is 0 Å². The predicted octanol–water partition coefficient (Wildman–Crippen LogP) is 3.43. The second-order valence-electron chi connectivity index (χ2n) is 4.72. The molecule has 108 valence electrons. The Bertz CT molecular complexity index is 433. The average molecular weight is 350 g/mol. The van der Waals surface area contributed by atoms with Crippen molar-refractivity contribution in [3.8, 4) is 0 Å². The number of aryl methyl sites for hydroxylation is 1. The summed E-state index contributed by atoms with van der Waals surface area (Å²) in [6.07, 6.45) is 1.70. The summed E-state index contributed by atoms with van der Waals surface area (Å²) in [6.45, 7) is 6.57. The number of carbonyl (C=O) groups is 1. The molecule has 3 nitrogen and oxygen atoms in total. The van der Waals surface area contributed by atoms with Crippen LogP contribution < -0.4 is 11.1 Å². The Morgan fingerprint density at radius 3 is 2.42 bits per heavy atom. The van der Waals surface area contributed by atoms with Crippen molar-refractivity contribution in [1.82, 2.24) is 5.32 Å². The van der Waals surface area contributed by atoms with Gasteiger partial charge in [-0.05, 0) is 37.5 Å². The maximum atomic E-state index is 12.0. The lowest BCUT2D eigenvalue weighted by molar-refractivity contribution is 0.0942. The monoisotopic (exact) mass is 348 g/mol. The first-order chi connectivity index (χ1) is 8.41. The van der Waals surface area contributed by atoms with Gasteiger partial charge in [0.15, 0.2) is 0 Å². The van der Waals surface area contributed by atoms with Gasteiger partial charge >= 0.3 is 0 Å². The largest absolute Gasteiger partial charge is 0.350 e. The van der Waals surface area contributed by atoms with E-state index in [0.717, 1.165) is 22.9 Å². The minimum Gasteiger partial charge on any atom is -0.350 e. The molecule has 0 aliphatic heterocycles. The van der Waals surface area contributed by atoms with Crippen molar-refractivity contribution < 1.29 is 4.79 Å². The maximum absolute atomic E-state index is 12.0. The summed E-state index contributed by atoms with van der Waals surface area (Å²) in [6, 6.07) is 5.58. The molecule has 1 rings (SSSR count). The molecular weight excluding hydrogens is 328 g/mol. The van der Waals surface area contributed by atoms with Crippen molar-refractivity contribution in [2.24, 2.45) is 5.73 Å². The molecule has 0 aliphatic rings. The third-order valence-electron chi connectivity index (χ3n) is 3.44. The molecule has 0 saturated heterocycles. The summed E-state index contributed by atoms with van der Waals surface area (Å²) in [5.41, 5.74) is 7.61. The summed E-state index contributed by atoms with van der Waals surface area (Å²) >= 11 is 3.43. The summed E-state index contributed by atoms with van der Waals surface area (Å²) < 4.78 is 0.945. The van der Waals surface area contributed by atoms with E-state index in [9.17, 15) is 4.79 Å². The van der Waals surface area contributed by atoms with Gasteiger partial charge in [0.25, 0.3) is 5.91 Å². The summed E-state index contributed by atoms with van der Waals surface area (Å²) in [5, 5.41) is 2.90. The molecule has 0 radical (unpaired) electrons. The summed E-state index contributed by atoms with van der Waals surface area (Å²) in [5.74, 6) is -0.0765. The fourth-order valence-corrected chi connectivity index (χ4v) is 1.97. The molecule has 1 aromatic rings. The normalized spacial score (nSPS) is 10.8. The van der Waals surface area contributed by atoms with E-state index in [1.54, 1.807) is 0 Å². The van der Waals surface area contributed by atoms with Gasteiger partial charge < -0.3 is 11.1 Å². The predicted molar refractivity (Wildman–Crippen MR) is 86.0 cm³/mol. The molecule has 0 aliphatic carbocycles. The van der Waals surface area contributed by atoms with Crippen LogP contribution in [0.25, 0.3) is 0 Å². The van der Waals surface area contributed by atoms with Crippen molar-refractivity contribution in [1.29, 1.82) is 0 Å². The van der Waals surface area contributed by atoms with Gasteiger partial charge in [0.1, 0.15) is 0 Å². The lowest BCUT2D eigenvalue weighted by atomic mass is 9.94. The number of halogens is 2. The zero-order valence-corrected chi connectivity index (χ0v) is 14.0. The number of hydrogen-bond acceptors (Lipinski definition) is 2. The summed E-state index contributed by atoms with van der Waals surface area (Å²) in [4.78, 5) is 12.0. The molecule has 0 bridgehead atoms. The molecule has 5 heteroatoms. The number of carbonyl (C=O) groups excluding carboxylic acids is 1. The van der Waals surface area contributed by atoms with Gasteiger partial charge in [0.2, 0.25) is 0 Å². The van der Waals surface area contributed by atoms with E-state index >= 15 is 0 Å². The van der Waals surface area contributed by atoms with Crippen LogP contribution in [-0.4, -0.2) is 18.0 Å². The van der Waals surface area contributed by atoms with Crippen molar-refractivity contribution >= 4 is 34.2 Å². The Labute approximate surface area is 129 Å². The van der Waals surface area contributed by atoms with Crippen LogP contribution in [0.2, 0.25) is 0 Å². The second-order valence-corrected chi connectivity index (χ2v) is 5.57. The van der Waals surface area contributed by atoms with Gasteiger partial charge in [-0.15, -0.1) is 12.4 Å². The summed E-state index contributed by atoms with van der Waals surface area (Å²) in [7, 11) is 0. The van der Waals surface area contributed by atoms with Gasteiger partial charge in [0, 0.05) is 22.1 Å². The number of rotatable bonds is 5. The van der Waals surface area contributed by atoms with Gasteiger partial charge in [-0.2, -0.15) is 0 Å². The molecule has 3 N–H and O–H groups in total. The highest BCUT2D eigenvalue weighted by atomic mass is 79.9. The van der Waals surface area contributed by atoms with E-state index in [0.29, 0.717) is 12.1 Å². The highest BCUT2D eigenvalue weighted by Crippen LogP contribution is 2.17. The van der Waals surface area contributed by atoms with Crippen molar-refractivity contribution in [2.75, 3.05) is 6.54 Å². The quantitative estimate of drug-likeness (QED) is 0.855. The first-order valence-corrected chi connectivity index (χ1v) is 7.04. The topological polar surface area (TPSA) is 55.1 Å². The molecule has 0 aromatic heterocycles. The second kappa shape index (κ2) is 7.88. The number of nitrogens with two attached hydrogens (primary N) is 1. The van der Waals surface area contributed by atoms with Crippen LogP contribution in [0.4, 0.5) is 0 Å². The van der Waals surface area contributed by atoms with Gasteiger partial charge in [-0.3, -0.25) is 4.79 Å². The molecule has 1 aromatic carbocycles. The standard InChI is InChI=1S/C14H21BrN2O.ClH/c1-4-14(16,5-2)9-17-13(18)11-7-6-10(3)12(15)8-11;/h6-8H,4-5,9,16H2,1-3H3,(H,17,18);1H. The van der Waals surface area contributed by atoms with Crippen LogP contribution in [0.3, 0.4) is 0 Å². The van der Waals surface area contributed by atoms with Crippen LogP contribution in [0, 0.1) is 6.92 Å². The van der Waals surface area contributed by atoms with E-state index in [1.165, 1.54) is 0 Å². The SMILES string of the molecule is CCC(N)(CC)CNC(=O)c1ccc(C)c(Br)c1.Cl. The number of amides is 1. The molecule has 0 heterocycles. The van der Waals surface area contributed by atoms with Crippen LogP contribution in [0.15, 0.2) is 22.7 Å². The smallest absolute Gasteiger partial charge is 0.251 e. The van der Waals surface area contributed by atoms with E-state index in [2.05, 4.69) is 21.2 Å². The molecule has 0 fully saturated rings. The molecule has 0 unspecified atom stereocenters. The maximum Gasteiger partial charge on any atom is 0.251 e. The molecule has 1 amide bonds. The minimum absolute atomic E-state index is 0. The molecule has 0 atom stereocenters. The third kappa shape index (κ3) is 5.13. The molecular formula is C14H22BrClN2O. The molecule has 0 saturated carbocycles. The first-order valence-electron chi connectivity index (χ1n) is 6.25. The average Bonchev–Trinajstić information content (AvgIpc) is 2.38. The lowest BCUT2D eigenvalue weighted by Crippen LogP contribution is -2.49. The van der Waals surface area contributed by atoms with Crippen LogP contribution in [0.5, 0.6) is 0 Å². The lowest BCUT2D eigenvalue weighted by Gasteiger charge is -2.26. The number of nitrogens with one attached hydrogen (secondary N) is 1. The zero-order valence-electron chi connectivity index (χ0n) is 11.6. The van der Waals surface area contributed by atoms with Crippen molar-refractivity contribution in [2.45, 2.75) is 39.2 Å². The fraction of sp³-hybridized carbons (Fsp3) is 0.500.